The molecule has 0 atom stereocenters. The number of carboxylic acid groups (broad SMARTS) is 1. The highest BCUT2D eigenvalue weighted by Crippen LogP contribution is 2.29. The summed E-state index contributed by atoms with van der Waals surface area (Å²) in [7, 11) is 0. The second-order valence-electron chi connectivity index (χ2n) is 6.62. The number of carboxylic acids is 1. The third kappa shape index (κ3) is 4.30. The van der Waals surface area contributed by atoms with E-state index in [1.165, 1.54) is 26.0 Å². The lowest BCUT2D eigenvalue weighted by Crippen LogP contribution is -2.38. The third-order valence-corrected chi connectivity index (χ3v) is 3.95. The van der Waals surface area contributed by atoms with Gasteiger partial charge in [0.1, 0.15) is 11.5 Å². The molecule has 0 aliphatic rings. The van der Waals surface area contributed by atoms with Gasteiger partial charge in [-0.15, -0.1) is 0 Å². The van der Waals surface area contributed by atoms with Crippen molar-refractivity contribution in [2.75, 3.05) is 0 Å². The van der Waals surface area contributed by atoms with Crippen molar-refractivity contribution >= 4 is 17.8 Å². The van der Waals surface area contributed by atoms with Crippen molar-refractivity contribution in [2.24, 2.45) is 0 Å². The van der Waals surface area contributed by atoms with Crippen LogP contribution in [-0.4, -0.2) is 27.6 Å². The summed E-state index contributed by atoms with van der Waals surface area (Å²) in [6.45, 7) is 6.63. The molecule has 0 heterocycles. The summed E-state index contributed by atoms with van der Waals surface area (Å²) in [5.41, 5.74) is 1.22. The first-order valence-electron chi connectivity index (χ1n) is 8.16. The van der Waals surface area contributed by atoms with Crippen LogP contribution in [0.1, 0.15) is 40.9 Å². The van der Waals surface area contributed by atoms with Crippen LogP contribution >= 0.6 is 0 Å². The van der Waals surface area contributed by atoms with Gasteiger partial charge in [0.15, 0.2) is 11.4 Å². The van der Waals surface area contributed by atoms with Crippen LogP contribution in [0.5, 0.6) is 11.5 Å². The van der Waals surface area contributed by atoms with E-state index < -0.39 is 11.6 Å². The lowest BCUT2D eigenvalue weighted by atomic mass is 10.0. The van der Waals surface area contributed by atoms with Crippen LogP contribution in [0.25, 0.3) is 6.08 Å². The van der Waals surface area contributed by atoms with Crippen molar-refractivity contribution in [1.82, 2.24) is 0 Å². The number of hydrogen-bond acceptors (Lipinski definition) is 4. The zero-order valence-electron chi connectivity index (χ0n) is 15.2. The van der Waals surface area contributed by atoms with Crippen molar-refractivity contribution in [1.29, 1.82) is 0 Å². The Morgan fingerprint density at radius 2 is 1.65 bits per heavy atom. The van der Waals surface area contributed by atoms with Gasteiger partial charge in [-0.3, -0.25) is 4.79 Å². The smallest absolute Gasteiger partial charge is 0.347 e. The Labute approximate surface area is 152 Å². The number of aryl methyl sites for hydroxylation is 2. The molecular formula is C21H22O5. The summed E-state index contributed by atoms with van der Waals surface area (Å²) in [6.07, 6.45) is 3.05. The third-order valence-electron chi connectivity index (χ3n) is 3.95. The van der Waals surface area contributed by atoms with Crippen molar-refractivity contribution in [2.45, 2.75) is 33.3 Å². The molecule has 0 amide bonds. The molecular weight excluding hydrogens is 332 g/mol. The fourth-order valence-corrected chi connectivity index (χ4v) is 2.48. The molecule has 0 saturated heterocycles. The number of benzene rings is 2. The van der Waals surface area contributed by atoms with Crippen LogP contribution in [0.2, 0.25) is 0 Å². The van der Waals surface area contributed by atoms with Crippen LogP contribution in [0.4, 0.5) is 0 Å². The molecule has 0 fully saturated rings. The van der Waals surface area contributed by atoms with Crippen molar-refractivity contribution in [3.8, 4) is 11.5 Å². The quantitative estimate of drug-likeness (QED) is 0.601. The minimum atomic E-state index is -1.34. The molecule has 2 aromatic rings. The number of hydrogen-bond donors (Lipinski definition) is 2. The molecule has 0 unspecified atom stereocenters. The zero-order chi connectivity index (χ0) is 19.5. The number of phenolic OH excluding ortho intramolecular Hbond substituents is 1. The second-order valence-corrected chi connectivity index (χ2v) is 6.62. The number of phenols is 1. The van der Waals surface area contributed by atoms with Crippen molar-refractivity contribution in [3.63, 3.8) is 0 Å². The number of ketones is 1. The van der Waals surface area contributed by atoms with E-state index in [1.54, 1.807) is 24.3 Å². The Morgan fingerprint density at radius 3 is 2.19 bits per heavy atom. The molecule has 2 N–H and O–H groups in total. The normalized spacial score (nSPS) is 11.5. The standard InChI is InChI=1S/C21H22O5/c1-13-11-15(9-10-18(23)16-7-5-6-8-17(16)22)12-14(2)19(13)26-21(3,4)20(24)25/h5-12,22H,1-4H3,(H,24,25). The predicted octanol–water partition coefficient (Wildman–Crippen LogP) is 4.15. The highest BCUT2D eigenvalue weighted by Gasteiger charge is 2.30. The van der Waals surface area contributed by atoms with Gasteiger partial charge in [-0.1, -0.05) is 18.2 Å². The van der Waals surface area contributed by atoms with Gasteiger partial charge in [-0.2, -0.15) is 0 Å². The molecule has 2 aromatic carbocycles. The Kier molecular flexibility index (Phi) is 5.50. The number of aliphatic carboxylic acids is 1. The van der Waals surface area contributed by atoms with E-state index in [0.29, 0.717) is 5.75 Å². The van der Waals surface area contributed by atoms with E-state index >= 15 is 0 Å². The van der Waals surface area contributed by atoms with Crippen LogP contribution < -0.4 is 4.74 Å². The Hall–Kier alpha value is -3.08. The first kappa shape index (κ1) is 19.2. The number of ether oxygens (including phenoxy) is 1. The predicted molar refractivity (Wildman–Crippen MR) is 99.7 cm³/mol. The average Bonchev–Trinajstić information content (AvgIpc) is 2.56. The SMILES string of the molecule is Cc1cc(C=CC(=O)c2ccccc2O)cc(C)c1OC(C)(C)C(=O)O. The van der Waals surface area contributed by atoms with Gasteiger partial charge in [0, 0.05) is 0 Å². The number of carbonyl (C=O) groups excluding carboxylic acids is 1. The molecule has 136 valence electrons. The summed E-state index contributed by atoms with van der Waals surface area (Å²) in [5, 5.41) is 19.0. The van der Waals surface area contributed by atoms with Gasteiger partial charge in [0.25, 0.3) is 0 Å². The minimum Gasteiger partial charge on any atom is -0.507 e. The number of rotatable bonds is 6. The van der Waals surface area contributed by atoms with Crippen LogP contribution in [0.3, 0.4) is 0 Å². The fraction of sp³-hybridized carbons (Fsp3) is 0.238. The van der Waals surface area contributed by atoms with E-state index in [2.05, 4.69) is 0 Å². The van der Waals surface area contributed by atoms with E-state index in [-0.39, 0.29) is 17.1 Å². The molecule has 2 rings (SSSR count). The Bertz CT molecular complexity index is 855. The number of carbonyl (C=O) groups is 2. The molecule has 0 saturated carbocycles. The highest BCUT2D eigenvalue weighted by molar-refractivity contribution is 6.08. The van der Waals surface area contributed by atoms with E-state index in [9.17, 15) is 19.8 Å². The van der Waals surface area contributed by atoms with Crippen LogP contribution in [0.15, 0.2) is 42.5 Å². The fourth-order valence-electron chi connectivity index (χ4n) is 2.48. The van der Waals surface area contributed by atoms with Crippen molar-refractivity contribution < 1.29 is 24.5 Å². The van der Waals surface area contributed by atoms with E-state index in [0.717, 1.165) is 16.7 Å². The summed E-state index contributed by atoms with van der Waals surface area (Å²) in [6, 6.07) is 9.99. The molecule has 0 aliphatic heterocycles. The summed E-state index contributed by atoms with van der Waals surface area (Å²) in [4.78, 5) is 23.5. The first-order valence-corrected chi connectivity index (χ1v) is 8.16. The van der Waals surface area contributed by atoms with Gasteiger partial charge in [-0.25, -0.2) is 4.79 Å². The number of para-hydroxylation sites is 1. The summed E-state index contributed by atoms with van der Waals surface area (Å²) >= 11 is 0. The zero-order valence-corrected chi connectivity index (χ0v) is 15.2. The van der Waals surface area contributed by atoms with Crippen LogP contribution in [0, 0.1) is 13.8 Å². The van der Waals surface area contributed by atoms with Gasteiger partial charge in [-0.05, 0) is 74.7 Å². The minimum absolute atomic E-state index is 0.0610. The van der Waals surface area contributed by atoms with Gasteiger partial charge < -0.3 is 14.9 Å². The maximum absolute atomic E-state index is 12.2. The maximum atomic E-state index is 12.2. The molecule has 0 aliphatic carbocycles. The number of aromatic hydroxyl groups is 1. The lowest BCUT2D eigenvalue weighted by molar-refractivity contribution is -0.152. The Balaban J connectivity index is 2.26. The first-order chi connectivity index (χ1) is 12.1. The lowest BCUT2D eigenvalue weighted by Gasteiger charge is -2.24. The topological polar surface area (TPSA) is 83.8 Å². The molecule has 0 bridgehead atoms. The van der Waals surface area contributed by atoms with E-state index in [4.69, 9.17) is 4.74 Å². The van der Waals surface area contributed by atoms with Crippen LogP contribution in [-0.2, 0) is 4.79 Å². The monoisotopic (exact) mass is 354 g/mol. The van der Waals surface area contributed by atoms with Gasteiger partial charge in [0.2, 0.25) is 0 Å². The molecule has 0 radical (unpaired) electrons. The molecule has 5 heteroatoms. The molecule has 0 aromatic heterocycles. The highest BCUT2D eigenvalue weighted by atomic mass is 16.5. The molecule has 26 heavy (non-hydrogen) atoms. The number of allylic oxidation sites excluding steroid dienone is 1. The Morgan fingerprint density at radius 1 is 1.08 bits per heavy atom. The van der Waals surface area contributed by atoms with E-state index in [1.807, 2.05) is 26.0 Å². The van der Waals surface area contributed by atoms with Gasteiger partial charge >= 0.3 is 5.97 Å². The van der Waals surface area contributed by atoms with Gasteiger partial charge in [0.05, 0.1) is 5.56 Å². The summed E-state index contributed by atoms with van der Waals surface area (Å²) < 4.78 is 5.67. The summed E-state index contributed by atoms with van der Waals surface area (Å²) in [5.74, 6) is -0.893. The second kappa shape index (κ2) is 7.44. The maximum Gasteiger partial charge on any atom is 0.347 e. The largest absolute Gasteiger partial charge is 0.507 e. The molecule has 0 spiro atoms. The average molecular weight is 354 g/mol. The molecule has 5 nitrogen and oxygen atoms in total. The van der Waals surface area contributed by atoms with Crippen molar-refractivity contribution in [3.05, 3.63) is 64.7 Å².